The molecule has 21 heavy (non-hydrogen) atoms. The van der Waals surface area contributed by atoms with Crippen molar-refractivity contribution in [3.05, 3.63) is 51.9 Å². The van der Waals surface area contributed by atoms with E-state index in [9.17, 15) is 14.3 Å². The smallest absolute Gasteiger partial charge is 0.223 e. The number of fused-ring (bicyclic) bond motifs is 1. The van der Waals surface area contributed by atoms with E-state index in [-0.39, 0.29) is 11.6 Å². The molecule has 1 atom stereocenters. The third kappa shape index (κ3) is 2.48. The lowest BCUT2D eigenvalue weighted by atomic mass is 10.1. The molecule has 4 nitrogen and oxygen atoms in total. The molecule has 3 rings (SSSR count). The Morgan fingerprint density at radius 3 is 3.10 bits per heavy atom. The fourth-order valence-electron chi connectivity index (χ4n) is 2.15. The highest BCUT2D eigenvalue weighted by Gasteiger charge is 2.19. The maximum atomic E-state index is 13.2. The molecule has 2 heterocycles. The highest BCUT2D eigenvalue weighted by atomic mass is 32.1. The first kappa shape index (κ1) is 13.9. The third-order valence-corrected chi connectivity index (χ3v) is 4.19. The van der Waals surface area contributed by atoms with Crippen LogP contribution in [0.25, 0.3) is 10.9 Å². The number of aliphatic hydroxyl groups excluding tert-OH is 1. The molecule has 0 radical (unpaired) electrons. The van der Waals surface area contributed by atoms with Gasteiger partial charge in [0.05, 0.1) is 17.4 Å². The maximum Gasteiger partial charge on any atom is 0.223 e. The van der Waals surface area contributed by atoms with Crippen LogP contribution in [0.1, 0.15) is 40.5 Å². The van der Waals surface area contributed by atoms with E-state index in [1.165, 1.54) is 23.5 Å². The molecule has 0 aliphatic carbocycles. The topological polar surface area (TPSA) is 66.0 Å². The van der Waals surface area contributed by atoms with Crippen molar-refractivity contribution in [2.24, 2.45) is 0 Å². The Morgan fingerprint density at radius 1 is 1.52 bits per heavy atom. The van der Waals surface area contributed by atoms with Crippen molar-refractivity contribution in [3.8, 4) is 0 Å². The molecule has 0 amide bonds. The second-order valence-corrected chi connectivity index (χ2v) is 5.58. The number of aromatic nitrogens is 2. The molecule has 6 heteroatoms. The molecule has 108 valence electrons. The van der Waals surface area contributed by atoms with E-state index < -0.39 is 6.10 Å². The number of rotatable bonds is 4. The van der Waals surface area contributed by atoms with Crippen molar-refractivity contribution >= 4 is 28.0 Å². The number of aromatic amines is 1. The summed E-state index contributed by atoms with van der Waals surface area (Å²) in [6.45, 7) is 1.85. The number of nitrogens with zero attached hydrogens (tertiary/aromatic N) is 1. The number of benzene rings is 1. The number of carbonyl (C=O) groups is 1. The second kappa shape index (κ2) is 5.38. The quantitative estimate of drug-likeness (QED) is 0.726. The maximum absolute atomic E-state index is 13.2. The van der Waals surface area contributed by atoms with Gasteiger partial charge in [0, 0.05) is 22.5 Å². The Balaban J connectivity index is 1.98. The molecular formula is C15H13FN2O2S. The van der Waals surface area contributed by atoms with Crippen LogP contribution >= 0.6 is 11.3 Å². The summed E-state index contributed by atoms with van der Waals surface area (Å²) < 4.78 is 13.2. The number of aliphatic hydroxyl groups is 1. The Labute approximate surface area is 124 Å². The number of hydrogen-bond donors (Lipinski definition) is 2. The predicted molar refractivity (Wildman–Crippen MR) is 79.1 cm³/mol. The third-order valence-electron chi connectivity index (χ3n) is 3.33. The van der Waals surface area contributed by atoms with Crippen LogP contribution < -0.4 is 0 Å². The lowest BCUT2D eigenvalue weighted by molar-refractivity contribution is 0.103. The minimum atomic E-state index is -0.653. The predicted octanol–water partition coefficient (Wildman–Crippen LogP) is 3.44. The van der Waals surface area contributed by atoms with Crippen molar-refractivity contribution < 1.29 is 14.3 Å². The molecule has 1 aromatic carbocycles. The first-order valence-electron chi connectivity index (χ1n) is 6.55. The van der Waals surface area contributed by atoms with Crippen molar-refractivity contribution in [2.75, 3.05) is 0 Å². The first-order valence-corrected chi connectivity index (χ1v) is 7.43. The first-order chi connectivity index (χ1) is 10.1. The molecule has 0 saturated carbocycles. The lowest BCUT2D eigenvalue weighted by Crippen LogP contribution is -2.02. The van der Waals surface area contributed by atoms with E-state index in [0.29, 0.717) is 33.6 Å². The van der Waals surface area contributed by atoms with Crippen LogP contribution in [-0.2, 0) is 0 Å². The normalized spacial score (nSPS) is 12.7. The molecule has 0 aliphatic rings. The van der Waals surface area contributed by atoms with Crippen molar-refractivity contribution in [2.45, 2.75) is 19.4 Å². The summed E-state index contributed by atoms with van der Waals surface area (Å²) in [4.78, 5) is 19.6. The Hall–Kier alpha value is -2.05. The second-order valence-electron chi connectivity index (χ2n) is 4.72. The van der Waals surface area contributed by atoms with Gasteiger partial charge < -0.3 is 10.1 Å². The molecule has 0 bridgehead atoms. The average Bonchev–Trinajstić information content (AvgIpc) is 3.12. The molecule has 2 N–H and O–H groups in total. The highest BCUT2D eigenvalue weighted by Crippen LogP contribution is 2.25. The summed E-state index contributed by atoms with van der Waals surface area (Å²) >= 11 is 1.20. The van der Waals surface area contributed by atoms with Crippen LogP contribution in [0.3, 0.4) is 0 Å². The van der Waals surface area contributed by atoms with Crippen LogP contribution in [0.4, 0.5) is 4.39 Å². The Morgan fingerprint density at radius 2 is 2.33 bits per heavy atom. The van der Waals surface area contributed by atoms with Gasteiger partial charge in [0.25, 0.3) is 0 Å². The molecular weight excluding hydrogens is 291 g/mol. The van der Waals surface area contributed by atoms with Gasteiger partial charge in [-0.2, -0.15) is 0 Å². The van der Waals surface area contributed by atoms with Gasteiger partial charge in [-0.3, -0.25) is 4.79 Å². The monoisotopic (exact) mass is 304 g/mol. The summed E-state index contributed by atoms with van der Waals surface area (Å²) in [6.07, 6.45) is 1.45. The van der Waals surface area contributed by atoms with Gasteiger partial charge in [-0.15, -0.1) is 11.3 Å². The molecule has 0 saturated heterocycles. The summed E-state index contributed by atoms with van der Waals surface area (Å²) in [5.41, 5.74) is 1.54. The van der Waals surface area contributed by atoms with Gasteiger partial charge in [0.15, 0.2) is 5.01 Å². The minimum Gasteiger partial charge on any atom is -0.387 e. The molecule has 0 spiro atoms. The zero-order valence-corrected chi connectivity index (χ0v) is 12.1. The van der Waals surface area contributed by atoms with Crippen molar-refractivity contribution in [3.63, 3.8) is 0 Å². The molecule has 0 fully saturated rings. The Kier molecular flexibility index (Phi) is 3.57. The fourth-order valence-corrected chi connectivity index (χ4v) is 2.97. The Bertz CT molecular complexity index is 809. The van der Waals surface area contributed by atoms with E-state index in [2.05, 4.69) is 9.97 Å². The fraction of sp³-hybridized carbons (Fsp3) is 0.200. The van der Waals surface area contributed by atoms with Gasteiger partial charge >= 0.3 is 0 Å². The highest BCUT2D eigenvalue weighted by molar-refractivity contribution is 7.12. The van der Waals surface area contributed by atoms with Crippen LogP contribution in [0.15, 0.2) is 29.8 Å². The van der Waals surface area contributed by atoms with Gasteiger partial charge in [0.1, 0.15) is 5.82 Å². The van der Waals surface area contributed by atoms with E-state index in [4.69, 9.17) is 0 Å². The standard InChI is InChI=1S/C15H13FN2O2S/c1-2-13(19)12-7-21-15(18-12)14(20)10-6-17-11-5-8(16)3-4-9(10)11/h3-7,13,17,19H,2H2,1H3/t13-/m1/s1. The van der Waals surface area contributed by atoms with Gasteiger partial charge in [-0.05, 0) is 24.6 Å². The van der Waals surface area contributed by atoms with E-state index >= 15 is 0 Å². The number of thiazole rings is 1. The average molecular weight is 304 g/mol. The van der Waals surface area contributed by atoms with E-state index in [1.54, 1.807) is 17.6 Å². The SMILES string of the molecule is CC[C@@H](O)c1csc(C(=O)c2c[nH]c3cc(F)ccc23)n1. The number of halogens is 1. The van der Waals surface area contributed by atoms with E-state index in [1.807, 2.05) is 6.92 Å². The van der Waals surface area contributed by atoms with Crippen molar-refractivity contribution in [1.29, 1.82) is 0 Å². The molecule has 0 aliphatic heterocycles. The van der Waals surface area contributed by atoms with Crippen LogP contribution in [0.2, 0.25) is 0 Å². The number of carbonyl (C=O) groups excluding carboxylic acids is 1. The number of ketones is 1. The number of nitrogens with one attached hydrogen (secondary N) is 1. The van der Waals surface area contributed by atoms with Gasteiger partial charge in [0.2, 0.25) is 5.78 Å². The zero-order valence-electron chi connectivity index (χ0n) is 11.3. The van der Waals surface area contributed by atoms with Gasteiger partial charge in [-0.1, -0.05) is 6.92 Å². The van der Waals surface area contributed by atoms with E-state index in [0.717, 1.165) is 0 Å². The summed E-state index contributed by atoms with van der Waals surface area (Å²) in [5, 5.41) is 12.4. The van der Waals surface area contributed by atoms with Crippen LogP contribution in [0.5, 0.6) is 0 Å². The zero-order chi connectivity index (χ0) is 15.0. The summed E-state index contributed by atoms with van der Waals surface area (Å²) in [5.74, 6) is -0.585. The van der Waals surface area contributed by atoms with Gasteiger partial charge in [-0.25, -0.2) is 9.37 Å². The number of hydrogen-bond acceptors (Lipinski definition) is 4. The summed E-state index contributed by atoms with van der Waals surface area (Å²) in [6, 6.07) is 4.24. The largest absolute Gasteiger partial charge is 0.387 e. The minimum absolute atomic E-state index is 0.229. The summed E-state index contributed by atoms with van der Waals surface area (Å²) in [7, 11) is 0. The van der Waals surface area contributed by atoms with Crippen molar-refractivity contribution in [1.82, 2.24) is 9.97 Å². The molecule has 0 unspecified atom stereocenters. The number of H-pyrrole nitrogens is 1. The molecule has 3 aromatic rings. The molecule has 2 aromatic heterocycles. The van der Waals surface area contributed by atoms with Crippen LogP contribution in [0, 0.1) is 5.82 Å². The lowest BCUT2D eigenvalue weighted by Gasteiger charge is -2.01. The van der Waals surface area contributed by atoms with Crippen LogP contribution in [-0.4, -0.2) is 20.9 Å².